The summed E-state index contributed by atoms with van der Waals surface area (Å²) in [6.45, 7) is 6.27. The van der Waals surface area contributed by atoms with E-state index in [1.165, 1.54) is 6.92 Å². The molecule has 0 aliphatic carbocycles. The number of Topliss-reactive ketones (excluding diaryl/α,β-unsaturated/α-hetero) is 1. The van der Waals surface area contributed by atoms with E-state index in [-0.39, 0.29) is 11.7 Å². The maximum Gasteiger partial charge on any atom is 0.255 e. The number of amides is 1. The highest BCUT2D eigenvalue weighted by Gasteiger charge is 2.16. The third-order valence-corrected chi connectivity index (χ3v) is 3.85. The van der Waals surface area contributed by atoms with Gasteiger partial charge in [0, 0.05) is 16.8 Å². The van der Waals surface area contributed by atoms with Gasteiger partial charge in [-0.1, -0.05) is 18.5 Å². The van der Waals surface area contributed by atoms with Gasteiger partial charge in [-0.25, -0.2) is 0 Å². The zero-order valence-electron chi connectivity index (χ0n) is 15.1. The second-order valence-electron chi connectivity index (χ2n) is 5.65. The summed E-state index contributed by atoms with van der Waals surface area (Å²) in [5.41, 5.74) is 1.53. The number of ketones is 1. The van der Waals surface area contributed by atoms with E-state index in [2.05, 4.69) is 5.32 Å². The highest BCUT2D eigenvalue weighted by atomic mass is 35.5. The zero-order chi connectivity index (χ0) is 19.1. The Labute approximate surface area is 158 Å². The van der Waals surface area contributed by atoms with Crippen LogP contribution in [0.25, 0.3) is 0 Å². The minimum Gasteiger partial charge on any atom is -0.490 e. The molecule has 0 spiro atoms. The third kappa shape index (κ3) is 4.99. The number of ether oxygens (including phenoxy) is 2. The van der Waals surface area contributed by atoms with Crippen LogP contribution in [0.15, 0.2) is 36.4 Å². The highest BCUT2D eigenvalue weighted by Crippen LogP contribution is 2.37. The van der Waals surface area contributed by atoms with E-state index in [1.807, 2.05) is 13.8 Å². The number of rotatable bonds is 8. The van der Waals surface area contributed by atoms with E-state index in [0.29, 0.717) is 46.5 Å². The van der Waals surface area contributed by atoms with Crippen molar-refractivity contribution in [3.05, 3.63) is 52.5 Å². The lowest BCUT2D eigenvalue weighted by molar-refractivity contribution is 0.101. The first-order valence-electron chi connectivity index (χ1n) is 8.47. The standard InChI is InChI=1S/C20H22ClNO4/c1-4-10-26-19-17(21)11-15(12-18(19)25-5-2)20(24)22-16-8-6-14(7-9-16)13(3)23/h6-9,11-12H,4-5,10H2,1-3H3,(H,22,24). The minimum atomic E-state index is -0.328. The molecule has 26 heavy (non-hydrogen) atoms. The molecule has 0 unspecified atom stereocenters. The van der Waals surface area contributed by atoms with E-state index in [1.54, 1.807) is 36.4 Å². The summed E-state index contributed by atoms with van der Waals surface area (Å²) in [6, 6.07) is 9.85. The first kappa shape index (κ1) is 19.8. The van der Waals surface area contributed by atoms with Gasteiger partial charge in [0.1, 0.15) is 0 Å². The van der Waals surface area contributed by atoms with E-state index in [0.717, 1.165) is 6.42 Å². The van der Waals surface area contributed by atoms with Crippen molar-refractivity contribution in [1.82, 2.24) is 0 Å². The Hall–Kier alpha value is -2.53. The van der Waals surface area contributed by atoms with Gasteiger partial charge in [-0.05, 0) is 56.7 Å². The molecular weight excluding hydrogens is 354 g/mol. The van der Waals surface area contributed by atoms with Gasteiger partial charge in [0.2, 0.25) is 0 Å². The van der Waals surface area contributed by atoms with Gasteiger partial charge in [0.25, 0.3) is 5.91 Å². The topological polar surface area (TPSA) is 64.6 Å². The van der Waals surface area contributed by atoms with E-state index < -0.39 is 0 Å². The average molecular weight is 376 g/mol. The van der Waals surface area contributed by atoms with Gasteiger partial charge in [-0.15, -0.1) is 0 Å². The molecule has 0 radical (unpaired) electrons. The largest absolute Gasteiger partial charge is 0.490 e. The number of carbonyl (C=O) groups excluding carboxylic acids is 2. The Bertz CT molecular complexity index is 787. The Morgan fingerprint density at radius 2 is 1.73 bits per heavy atom. The maximum absolute atomic E-state index is 12.5. The summed E-state index contributed by atoms with van der Waals surface area (Å²) in [4.78, 5) is 23.8. The minimum absolute atomic E-state index is 0.0290. The fourth-order valence-electron chi connectivity index (χ4n) is 2.30. The van der Waals surface area contributed by atoms with Crippen LogP contribution in [-0.2, 0) is 0 Å². The number of benzene rings is 2. The first-order valence-corrected chi connectivity index (χ1v) is 8.85. The smallest absolute Gasteiger partial charge is 0.255 e. The average Bonchev–Trinajstić information content (AvgIpc) is 2.61. The number of carbonyl (C=O) groups is 2. The summed E-state index contributed by atoms with van der Waals surface area (Å²) in [7, 11) is 0. The summed E-state index contributed by atoms with van der Waals surface area (Å²) in [6.07, 6.45) is 0.834. The van der Waals surface area contributed by atoms with Crippen molar-refractivity contribution < 1.29 is 19.1 Å². The van der Waals surface area contributed by atoms with Gasteiger partial charge in [0.05, 0.1) is 18.2 Å². The fraction of sp³-hybridized carbons (Fsp3) is 0.300. The van der Waals surface area contributed by atoms with Crippen LogP contribution in [0.2, 0.25) is 5.02 Å². The molecule has 1 amide bonds. The summed E-state index contributed by atoms with van der Waals surface area (Å²) < 4.78 is 11.2. The molecule has 0 aromatic heterocycles. The van der Waals surface area contributed by atoms with Crippen molar-refractivity contribution in [2.45, 2.75) is 27.2 Å². The second kappa shape index (κ2) is 9.25. The van der Waals surface area contributed by atoms with Crippen LogP contribution in [0.4, 0.5) is 5.69 Å². The molecular formula is C20H22ClNO4. The van der Waals surface area contributed by atoms with Crippen molar-refractivity contribution >= 4 is 29.0 Å². The molecule has 2 aromatic rings. The normalized spacial score (nSPS) is 10.3. The molecule has 0 bridgehead atoms. The number of hydrogen-bond donors (Lipinski definition) is 1. The number of halogens is 1. The summed E-state index contributed by atoms with van der Waals surface area (Å²) in [5, 5.41) is 3.10. The van der Waals surface area contributed by atoms with Crippen molar-refractivity contribution in [2.24, 2.45) is 0 Å². The number of anilines is 1. The summed E-state index contributed by atoms with van der Waals surface area (Å²) in [5.74, 6) is 0.521. The van der Waals surface area contributed by atoms with Crippen LogP contribution in [0.1, 0.15) is 47.9 Å². The van der Waals surface area contributed by atoms with Gasteiger partial charge in [0.15, 0.2) is 17.3 Å². The molecule has 0 atom stereocenters. The van der Waals surface area contributed by atoms with Crippen LogP contribution in [0.3, 0.4) is 0 Å². The second-order valence-corrected chi connectivity index (χ2v) is 6.06. The monoisotopic (exact) mass is 375 g/mol. The van der Waals surface area contributed by atoms with Crippen LogP contribution in [0, 0.1) is 0 Å². The van der Waals surface area contributed by atoms with Crippen molar-refractivity contribution in [3.63, 3.8) is 0 Å². The van der Waals surface area contributed by atoms with Crippen LogP contribution >= 0.6 is 11.6 Å². The van der Waals surface area contributed by atoms with E-state index >= 15 is 0 Å². The Balaban J connectivity index is 2.23. The SMILES string of the molecule is CCCOc1c(Cl)cc(C(=O)Nc2ccc(C(C)=O)cc2)cc1OCC. The molecule has 0 aliphatic rings. The Kier molecular flexibility index (Phi) is 7.04. The van der Waals surface area contributed by atoms with Gasteiger partial charge < -0.3 is 14.8 Å². The molecule has 5 nitrogen and oxygen atoms in total. The van der Waals surface area contributed by atoms with E-state index in [4.69, 9.17) is 21.1 Å². The van der Waals surface area contributed by atoms with Crippen molar-refractivity contribution in [3.8, 4) is 11.5 Å². The molecule has 2 rings (SSSR count). The predicted molar refractivity (Wildman–Crippen MR) is 103 cm³/mol. The lowest BCUT2D eigenvalue weighted by atomic mass is 10.1. The Morgan fingerprint density at radius 3 is 2.31 bits per heavy atom. The third-order valence-electron chi connectivity index (χ3n) is 3.57. The quantitative estimate of drug-likeness (QED) is 0.660. The molecule has 2 aromatic carbocycles. The first-order chi connectivity index (χ1) is 12.5. The predicted octanol–water partition coefficient (Wildman–Crippen LogP) is 4.98. The van der Waals surface area contributed by atoms with E-state index in [9.17, 15) is 9.59 Å². The van der Waals surface area contributed by atoms with Crippen LogP contribution in [-0.4, -0.2) is 24.9 Å². The zero-order valence-corrected chi connectivity index (χ0v) is 15.9. The van der Waals surface area contributed by atoms with Gasteiger partial charge in [-0.3, -0.25) is 9.59 Å². The van der Waals surface area contributed by atoms with Crippen LogP contribution < -0.4 is 14.8 Å². The van der Waals surface area contributed by atoms with Crippen molar-refractivity contribution in [2.75, 3.05) is 18.5 Å². The molecule has 0 fully saturated rings. The maximum atomic E-state index is 12.5. The lowest BCUT2D eigenvalue weighted by Crippen LogP contribution is -2.13. The molecule has 0 saturated carbocycles. The molecule has 6 heteroatoms. The summed E-state index contributed by atoms with van der Waals surface area (Å²) >= 11 is 6.29. The lowest BCUT2D eigenvalue weighted by Gasteiger charge is -2.15. The molecule has 138 valence electrons. The number of nitrogens with one attached hydrogen (secondary N) is 1. The molecule has 0 heterocycles. The van der Waals surface area contributed by atoms with Crippen LogP contribution in [0.5, 0.6) is 11.5 Å². The number of hydrogen-bond acceptors (Lipinski definition) is 4. The molecule has 0 aliphatic heterocycles. The van der Waals surface area contributed by atoms with Crippen molar-refractivity contribution in [1.29, 1.82) is 0 Å². The van der Waals surface area contributed by atoms with Gasteiger partial charge in [-0.2, -0.15) is 0 Å². The van der Waals surface area contributed by atoms with Gasteiger partial charge >= 0.3 is 0 Å². The molecule has 1 N–H and O–H groups in total. The highest BCUT2D eigenvalue weighted by molar-refractivity contribution is 6.32. The fourth-order valence-corrected chi connectivity index (χ4v) is 2.56. The molecule has 0 saturated heterocycles. The Morgan fingerprint density at radius 1 is 1.04 bits per heavy atom.